The number of methoxy groups -OCH3 is 1. The molecule has 1 N–H and O–H groups in total. The number of hydrogen-bond acceptors (Lipinski definition) is 2. The van der Waals surface area contributed by atoms with E-state index in [2.05, 4.69) is 0 Å². The summed E-state index contributed by atoms with van der Waals surface area (Å²) in [5.41, 5.74) is 1.07. The van der Waals surface area contributed by atoms with Gasteiger partial charge in [-0.3, -0.25) is 0 Å². The Morgan fingerprint density at radius 2 is 2.12 bits per heavy atom. The Morgan fingerprint density at radius 3 is 2.69 bits per heavy atom. The first-order valence-corrected chi connectivity index (χ1v) is 5.10. The van der Waals surface area contributed by atoms with Gasteiger partial charge in [-0.15, -0.1) is 0 Å². The molecule has 0 aliphatic carbocycles. The summed E-state index contributed by atoms with van der Waals surface area (Å²) in [5, 5.41) is 8.79. The highest BCUT2D eigenvalue weighted by atomic mass is 16.5. The fraction of sp³-hybridized carbons (Fsp3) is 0.417. The van der Waals surface area contributed by atoms with E-state index in [1.807, 2.05) is 38.4 Å². The Balaban J connectivity index is 2.75. The molecule has 0 unspecified atom stereocenters. The van der Waals surface area contributed by atoms with Crippen LogP contribution in [0.4, 0.5) is 0 Å². The molecule has 4 heteroatoms. The summed E-state index contributed by atoms with van der Waals surface area (Å²) in [6.45, 7) is 0.778. The van der Waals surface area contributed by atoms with Gasteiger partial charge in [0.15, 0.2) is 6.54 Å². The minimum absolute atomic E-state index is 0.108. The third-order valence-corrected chi connectivity index (χ3v) is 2.31. The fourth-order valence-corrected chi connectivity index (χ4v) is 1.69. The molecule has 4 nitrogen and oxygen atoms in total. The van der Waals surface area contributed by atoms with Gasteiger partial charge in [0.2, 0.25) is 0 Å². The molecule has 1 rings (SSSR count). The Kier molecular flexibility index (Phi) is 3.90. The predicted octanol–water partition coefficient (Wildman–Crippen LogP) is 1.36. The van der Waals surface area contributed by atoms with Gasteiger partial charge in [0.25, 0.3) is 0 Å². The van der Waals surface area contributed by atoms with Crippen LogP contribution in [-0.4, -0.2) is 43.3 Å². The van der Waals surface area contributed by atoms with E-state index in [1.165, 1.54) is 0 Å². The van der Waals surface area contributed by atoms with Crippen molar-refractivity contribution in [1.29, 1.82) is 0 Å². The number of rotatable bonds is 5. The molecule has 0 saturated carbocycles. The lowest BCUT2D eigenvalue weighted by Gasteiger charge is -2.27. The topological polar surface area (TPSA) is 46.5 Å². The largest absolute Gasteiger partial charge is 0.497 e. The van der Waals surface area contributed by atoms with E-state index < -0.39 is 5.97 Å². The van der Waals surface area contributed by atoms with Crippen molar-refractivity contribution in [1.82, 2.24) is 0 Å². The van der Waals surface area contributed by atoms with Gasteiger partial charge in [0.05, 0.1) is 21.2 Å². The van der Waals surface area contributed by atoms with E-state index in [-0.39, 0.29) is 6.54 Å². The maximum atomic E-state index is 10.7. The van der Waals surface area contributed by atoms with E-state index >= 15 is 0 Å². The monoisotopic (exact) mass is 224 g/mol. The first kappa shape index (κ1) is 12.5. The Bertz CT molecular complexity index is 374. The van der Waals surface area contributed by atoms with Crippen molar-refractivity contribution in [2.24, 2.45) is 0 Å². The SMILES string of the molecule is COc1cccc(C[N+](C)(C)CC(=O)O)c1. The van der Waals surface area contributed by atoms with Crippen LogP contribution in [0, 0.1) is 0 Å². The van der Waals surface area contributed by atoms with Gasteiger partial charge in [0.1, 0.15) is 12.3 Å². The first-order chi connectivity index (χ1) is 7.43. The van der Waals surface area contributed by atoms with Crippen LogP contribution < -0.4 is 4.74 Å². The first-order valence-electron chi connectivity index (χ1n) is 5.10. The molecule has 0 heterocycles. The Labute approximate surface area is 95.7 Å². The minimum Gasteiger partial charge on any atom is -0.497 e. The molecule has 16 heavy (non-hydrogen) atoms. The molecule has 0 aromatic heterocycles. The minimum atomic E-state index is -0.784. The van der Waals surface area contributed by atoms with Crippen LogP contribution in [0.2, 0.25) is 0 Å². The van der Waals surface area contributed by atoms with E-state index in [0.29, 0.717) is 11.0 Å². The van der Waals surface area contributed by atoms with Gasteiger partial charge >= 0.3 is 5.97 Å². The van der Waals surface area contributed by atoms with E-state index in [9.17, 15) is 4.79 Å². The summed E-state index contributed by atoms with van der Waals surface area (Å²) in [6, 6.07) is 7.70. The lowest BCUT2D eigenvalue weighted by atomic mass is 10.2. The van der Waals surface area contributed by atoms with Crippen LogP contribution >= 0.6 is 0 Å². The zero-order valence-electron chi connectivity index (χ0n) is 9.93. The summed E-state index contributed by atoms with van der Waals surface area (Å²) in [4.78, 5) is 10.7. The zero-order chi connectivity index (χ0) is 12.2. The van der Waals surface area contributed by atoms with Crippen LogP contribution in [-0.2, 0) is 11.3 Å². The lowest BCUT2D eigenvalue weighted by Crippen LogP contribution is -2.42. The number of likely N-dealkylation sites (N-methyl/N-ethyl adjacent to an activating group) is 1. The number of hydrogen-bond donors (Lipinski definition) is 1. The number of benzene rings is 1. The molecule has 0 radical (unpaired) electrons. The molecule has 0 saturated heterocycles. The second-order valence-corrected chi connectivity index (χ2v) is 4.50. The van der Waals surface area contributed by atoms with Gasteiger partial charge < -0.3 is 14.3 Å². The second kappa shape index (κ2) is 4.99. The molecular formula is C12H18NO3+. The summed E-state index contributed by atoms with van der Waals surface area (Å²) in [6.07, 6.45) is 0. The molecule has 0 aliphatic heterocycles. The number of carboxylic acid groups (broad SMARTS) is 1. The highest BCUT2D eigenvalue weighted by molar-refractivity contribution is 5.67. The molecule has 0 atom stereocenters. The van der Waals surface area contributed by atoms with Crippen LogP contribution in [0.15, 0.2) is 24.3 Å². The molecule has 88 valence electrons. The van der Waals surface area contributed by atoms with Crippen molar-refractivity contribution >= 4 is 5.97 Å². The summed E-state index contributed by atoms with van der Waals surface area (Å²) in [5.74, 6) is 0.0146. The van der Waals surface area contributed by atoms with Crippen LogP contribution in [0.25, 0.3) is 0 Å². The van der Waals surface area contributed by atoms with Gasteiger partial charge in [-0.1, -0.05) is 12.1 Å². The molecule has 0 bridgehead atoms. The highest BCUT2D eigenvalue weighted by Crippen LogP contribution is 2.16. The number of carboxylic acids is 1. The summed E-state index contributed by atoms with van der Waals surface area (Å²) in [7, 11) is 5.41. The van der Waals surface area contributed by atoms with Gasteiger partial charge in [-0.25, -0.2) is 4.79 Å². The standard InChI is InChI=1S/C12H17NO3/c1-13(2,9-12(14)15)8-10-5-4-6-11(7-10)16-3/h4-7H,8-9H2,1-3H3/p+1. The molecular weight excluding hydrogens is 206 g/mol. The second-order valence-electron chi connectivity index (χ2n) is 4.50. The maximum Gasteiger partial charge on any atom is 0.359 e. The third-order valence-electron chi connectivity index (χ3n) is 2.31. The number of quaternary nitrogens is 1. The molecule has 0 amide bonds. The molecule has 0 fully saturated rings. The van der Waals surface area contributed by atoms with Crippen LogP contribution in [0.5, 0.6) is 5.75 Å². The lowest BCUT2D eigenvalue weighted by molar-refractivity contribution is -0.896. The molecule has 0 aliphatic rings. The van der Waals surface area contributed by atoms with Crippen molar-refractivity contribution in [3.63, 3.8) is 0 Å². The van der Waals surface area contributed by atoms with Gasteiger partial charge in [-0.05, 0) is 12.1 Å². The van der Waals surface area contributed by atoms with E-state index in [4.69, 9.17) is 9.84 Å². The molecule has 1 aromatic carbocycles. The van der Waals surface area contributed by atoms with Crippen LogP contribution in [0.1, 0.15) is 5.56 Å². The van der Waals surface area contributed by atoms with Crippen LogP contribution in [0.3, 0.4) is 0 Å². The summed E-state index contributed by atoms with van der Waals surface area (Å²) >= 11 is 0. The number of aliphatic carboxylic acids is 1. The Hall–Kier alpha value is -1.55. The molecule has 0 spiro atoms. The average molecular weight is 224 g/mol. The Morgan fingerprint density at radius 1 is 1.44 bits per heavy atom. The van der Waals surface area contributed by atoms with E-state index in [0.717, 1.165) is 11.3 Å². The third kappa shape index (κ3) is 3.90. The predicted molar refractivity (Wildman–Crippen MR) is 61.3 cm³/mol. The van der Waals surface area contributed by atoms with E-state index in [1.54, 1.807) is 7.11 Å². The van der Waals surface area contributed by atoms with Crippen molar-refractivity contribution < 1.29 is 19.1 Å². The quantitative estimate of drug-likeness (QED) is 0.768. The highest BCUT2D eigenvalue weighted by Gasteiger charge is 2.20. The molecule has 1 aromatic rings. The number of nitrogens with zero attached hydrogens (tertiary/aromatic N) is 1. The van der Waals surface area contributed by atoms with Crippen molar-refractivity contribution in [2.45, 2.75) is 6.54 Å². The van der Waals surface area contributed by atoms with Crippen molar-refractivity contribution in [3.8, 4) is 5.75 Å². The average Bonchev–Trinajstić information content (AvgIpc) is 2.15. The van der Waals surface area contributed by atoms with Gasteiger partial charge in [-0.2, -0.15) is 0 Å². The normalized spacial score (nSPS) is 11.2. The summed E-state index contributed by atoms with van der Waals surface area (Å²) < 4.78 is 5.55. The van der Waals surface area contributed by atoms with Crippen molar-refractivity contribution in [2.75, 3.05) is 27.7 Å². The van der Waals surface area contributed by atoms with Gasteiger partial charge in [0, 0.05) is 5.56 Å². The number of ether oxygens (including phenoxy) is 1. The smallest absolute Gasteiger partial charge is 0.359 e. The zero-order valence-corrected chi connectivity index (χ0v) is 9.93. The maximum absolute atomic E-state index is 10.7. The number of carbonyl (C=O) groups is 1. The fourth-order valence-electron chi connectivity index (χ4n) is 1.69. The van der Waals surface area contributed by atoms with Crippen molar-refractivity contribution in [3.05, 3.63) is 29.8 Å².